The molecule has 5 heteroatoms. The summed E-state index contributed by atoms with van der Waals surface area (Å²) in [5.41, 5.74) is 0. The van der Waals surface area contributed by atoms with E-state index in [-0.39, 0.29) is 12.5 Å². The second kappa shape index (κ2) is 7.09. The lowest BCUT2D eigenvalue weighted by Gasteiger charge is -2.07. The third-order valence-corrected chi connectivity index (χ3v) is 2.10. The molecular formula is C11H15ClN2O2. The fraction of sp³-hybridized carbons (Fsp3) is 0.364. The van der Waals surface area contributed by atoms with Crippen LogP contribution in [-0.2, 0) is 4.79 Å². The molecule has 4 nitrogen and oxygen atoms in total. The number of halogens is 1. The highest BCUT2D eigenvalue weighted by Gasteiger charge is 2.01. The maximum atomic E-state index is 11.3. The lowest BCUT2D eigenvalue weighted by molar-refractivity contribution is -0.123. The number of ether oxygens (including phenoxy) is 1. The van der Waals surface area contributed by atoms with Crippen LogP contribution in [0.3, 0.4) is 0 Å². The zero-order valence-electron chi connectivity index (χ0n) is 9.13. The number of rotatable bonds is 6. The van der Waals surface area contributed by atoms with Crippen LogP contribution in [0.2, 0.25) is 5.02 Å². The van der Waals surface area contributed by atoms with Gasteiger partial charge in [0.25, 0.3) is 5.91 Å². The Labute approximate surface area is 99.9 Å². The average molecular weight is 243 g/mol. The lowest BCUT2D eigenvalue weighted by Crippen LogP contribution is -2.33. The van der Waals surface area contributed by atoms with Gasteiger partial charge in [-0.05, 0) is 25.2 Å². The minimum Gasteiger partial charge on any atom is -0.484 e. The fourth-order valence-corrected chi connectivity index (χ4v) is 1.26. The molecule has 0 radical (unpaired) electrons. The number of likely N-dealkylation sites (N-methyl/N-ethyl adjacent to an activating group) is 1. The van der Waals surface area contributed by atoms with E-state index in [0.717, 1.165) is 6.54 Å². The van der Waals surface area contributed by atoms with Crippen LogP contribution in [0.4, 0.5) is 0 Å². The molecule has 88 valence electrons. The van der Waals surface area contributed by atoms with Crippen molar-refractivity contribution < 1.29 is 9.53 Å². The Kier molecular flexibility index (Phi) is 5.67. The predicted octanol–water partition coefficient (Wildman–Crippen LogP) is 1.05. The summed E-state index contributed by atoms with van der Waals surface area (Å²) in [5.74, 6) is 0.450. The van der Waals surface area contributed by atoms with E-state index in [1.165, 1.54) is 0 Å². The number of carbonyl (C=O) groups is 1. The largest absolute Gasteiger partial charge is 0.484 e. The highest BCUT2D eigenvalue weighted by atomic mass is 35.5. The molecule has 1 aromatic rings. The molecule has 0 fully saturated rings. The Morgan fingerprint density at radius 2 is 2.25 bits per heavy atom. The molecule has 0 bridgehead atoms. The van der Waals surface area contributed by atoms with Crippen LogP contribution >= 0.6 is 11.6 Å². The van der Waals surface area contributed by atoms with Gasteiger partial charge in [-0.15, -0.1) is 0 Å². The van der Waals surface area contributed by atoms with Gasteiger partial charge in [0.05, 0.1) is 0 Å². The molecule has 0 saturated heterocycles. The Balaban J connectivity index is 2.26. The van der Waals surface area contributed by atoms with Gasteiger partial charge >= 0.3 is 0 Å². The summed E-state index contributed by atoms with van der Waals surface area (Å²) in [4.78, 5) is 11.3. The SMILES string of the molecule is CNCCNC(=O)COc1cccc(Cl)c1. The number of hydrogen-bond donors (Lipinski definition) is 2. The third-order valence-electron chi connectivity index (χ3n) is 1.86. The number of carbonyl (C=O) groups excluding carboxylic acids is 1. The number of amides is 1. The Bertz CT molecular complexity index is 345. The van der Waals surface area contributed by atoms with Crippen molar-refractivity contribution in [3.05, 3.63) is 29.3 Å². The van der Waals surface area contributed by atoms with E-state index in [9.17, 15) is 4.79 Å². The van der Waals surface area contributed by atoms with E-state index in [1.54, 1.807) is 24.3 Å². The molecule has 0 heterocycles. The van der Waals surface area contributed by atoms with Crippen LogP contribution in [0.1, 0.15) is 0 Å². The smallest absolute Gasteiger partial charge is 0.257 e. The molecule has 1 amide bonds. The Hall–Kier alpha value is -1.26. The third kappa shape index (κ3) is 5.00. The Morgan fingerprint density at radius 1 is 1.44 bits per heavy atom. The van der Waals surface area contributed by atoms with Gasteiger partial charge in [-0.2, -0.15) is 0 Å². The first kappa shape index (κ1) is 12.8. The maximum absolute atomic E-state index is 11.3. The van der Waals surface area contributed by atoms with Crippen molar-refractivity contribution in [2.24, 2.45) is 0 Å². The molecule has 1 rings (SSSR count). The van der Waals surface area contributed by atoms with Gasteiger partial charge in [-0.3, -0.25) is 4.79 Å². The second-order valence-electron chi connectivity index (χ2n) is 3.20. The predicted molar refractivity (Wildman–Crippen MR) is 63.9 cm³/mol. The molecule has 0 aliphatic heterocycles. The standard InChI is InChI=1S/C11H15ClN2O2/c1-13-5-6-14-11(15)8-16-10-4-2-3-9(12)7-10/h2-4,7,13H,5-6,8H2,1H3,(H,14,15). The first-order valence-electron chi connectivity index (χ1n) is 5.02. The molecule has 0 aromatic heterocycles. The van der Waals surface area contributed by atoms with Crippen molar-refractivity contribution in [2.45, 2.75) is 0 Å². The van der Waals surface area contributed by atoms with Gasteiger partial charge in [0.2, 0.25) is 0 Å². The van der Waals surface area contributed by atoms with E-state index in [0.29, 0.717) is 17.3 Å². The van der Waals surface area contributed by atoms with E-state index < -0.39 is 0 Å². The van der Waals surface area contributed by atoms with Gasteiger partial charge in [0.1, 0.15) is 5.75 Å². The molecule has 0 unspecified atom stereocenters. The van der Waals surface area contributed by atoms with Crippen LogP contribution in [0, 0.1) is 0 Å². The minimum atomic E-state index is -0.143. The lowest BCUT2D eigenvalue weighted by atomic mass is 10.3. The number of hydrogen-bond acceptors (Lipinski definition) is 3. The van der Waals surface area contributed by atoms with Crippen molar-refractivity contribution >= 4 is 17.5 Å². The van der Waals surface area contributed by atoms with E-state index in [4.69, 9.17) is 16.3 Å². The molecular weight excluding hydrogens is 228 g/mol. The van der Waals surface area contributed by atoms with Crippen LogP contribution in [0.25, 0.3) is 0 Å². The van der Waals surface area contributed by atoms with Gasteiger partial charge in [0, 0.05) is 18.1 Å². The van der Waals surface area contributed by atoms with Crippen LogP contribution in [0.5, 0.6) is 5.75 Å². The quantitative estimate of drug-likeness (QED) is 0.734. The summed E-state index contributed by atoms with van der Waals surface area (Å²) in [7, 11) is 1.83. The molecule has 1 aromatic carbocycles. The molecule has 0 atom stereocenters. The van der Waals surface area contributed by atoms with E-state index in [2.05, 4.69) is 10.6 Å². The summed E-state index contributed by atoms with van der Waals surface area (Å²) >= 11 is 5.77. The van der Waals surface area contributed by atoms with Crippen LogP contribution < -0.4 is 15.4 Å². The highest BCUT2D eigenvalue weighted by Crippen LogP contribution is 2.16. The first-order valence-corrected chi connectivity index (χ1v) is 5.40. The molecule has 0 aliphatic rings. The second-order valence-corrected chi connectivity index (χ2v) is 3.64. The highest BCUT2D eigenvalue weighted by molar-refractivity contribution is 6.30. The van der Waals surface area contributed by atoms with Crippen molar-refractivity contribution in [3.63, 3.8) is 0 Å². The van der Waals surface area contributed by atoms with E-state index >= 15 is 0 Å². The zero-order valence-corrected chi connectivity index (χ0v) is 9.88. The minimum absolute atomic E-state index is 0.00402. The van der Waals surface area contributed by atoms with E-state index in [1.807, 2.05) is 7.05 Å². The van der Waals surface area contributed by atoms with Crippen molar-refractivity contribution in [1.29, 1.82) is 0 Å². The van der Waals surface area contributed by atoms with Gasteiger partial charge < -0.3 is 15.4 Å². The number of benzene rings is 1. The summed E-state index contributed by atoms with van der Waals surface area (Å²) in [6.07, 6.45) is 0. The van der Waals surface area contributed by atoms with Crippen molar-refractivity contribution in [1.82, 2.24) is 10.6 Å². The first-order chi connectivity index (χ1) is 7.72. The summed E-state index contributed by atoms with van der Waals surface area (Å²) in [6.45, 7) is 1.33. The summed E-state index contributed by atoms with van der Waals surface area (Å²) in [5, 5.41) is 6.23. The molecule has 0 spiro atoms. The summed E-state index contributed by atoms with van der Waals surface area (Å²) in [6, 6.07) is 6.95. The van der Waals surface area contributed by atoms with Gasteiger partial charge in [0.15, 0.2) is 6.61 Å². The van der Waals surface area contributed by atoms with Crippen LogP contribution in [0.15, 0.2) is 24.3 Å². The molecule has 0 saturated carbocycles. The van der Waals surface area contributed by atoms with Gasteiger partial charge in [-0.25, -0.2) is 0 Å². The summed E-state index contributed by atoms with van der Waals surface area (Å²) < 4.78 is 5.26. The topological polar surface area (TPSA) is 50.4 Å². The Morgan fingerprint density at radius 3 is 2.94 bits per heavy atom. The fourth-order valence-electron chi connectivity index (χ4n) is 1.08. The average Bonchev–Trinajstić information content (AvgIpc) is 2.27. The maximum Gasteiger partial charge on any atom is 0.257 e. The molecule has 2 N–H and O–H groups in total. The van der Waals surface area contributed by atoms with Crippen molar-refractivity contribution in [3.8, 4) is 5.75 Å². The van der Waals surface area contributed by atoms with Gasteiger partial charge in [-0.1, -0.05) is 17.7 Å². The monoisotopic (exact) mass is 242 g/mol. The molecule has 0 aliphatic carbocycles. The van der Waals surface area contributed by atoms with Crippen molar-refractivity contribution in [2.75, 3.05) is 26.7 Å². The normalized spacial score (nSPS) is 9.88. The van der Waals surface area contributed by atoms with Crippen LogP contribution in [-0.4, -0.2) is 32.7 Å². The zero-order chi connectivity index (χ0) is 11.8. The molecule has 16 heavy (non-hydrogen) atoms. The number of nitrogens with one attached hydrogen (secondary N) is 2.